The number of hydrogen-bond donors (Lipinski definition) is 0. The third kappa shape index (κ3) is 8.74. The van der Waals surface area contributed by atoms with Crippen molar-refractivity contribution in [1.82, 2.24) is 0 Å². The number of unbranched alkanes of at least 4 members (excludes halogenated alkanes) is 6. The highest BCUT2D eigenvalue weighted by molar-refractivity contribution is 5.19. The fourth-order valence-electron chi connectivity index (χ4n) is 1.90. The van der Waals surface area contributed by atoms with Crippen LogP contribution in [0.2, 0.25) is 0 Å². The van der Waals surface area contributed by atoms with E-state index in [2.05, 4.69) is 13.8 Å². The second-order valence-electron chi connectivity index (χ2n) is 4.82. The molecule has 0 fully saturated rings. The summed E-state index contributed by atoms with van der Waals surface area (Å²) in [6.45, 7) is 6.25. The van der Waals surface area contributed by atoms with Gasteiger partial charge in [0.05, 0.1) is 0 Å². The lowest BCUT2D eigenvalue weighted by Gasteiger charge is -1.98. The zero-order valence-corrected chi connectivity index (χ0v) is 12.6. The Morgan fingerprint density at radius 3 is 1.47 bits per heavy atom. The fraction of sp³-hybridized carbons (Fsp3) is 0.647. The van der Waals surface area contributed by atoms with Crippen molar-refractivity contribution in [3.63, 3.8) is 0 Å². The van der Waals surface area contributed by atoms with Crippen molar-refractivity contribution in [2.75, 3.05) is 0 Å². The molecule has 0 N–H and O–H groups in total. The summed E-state index contributed by atoms with van der Waals surface area (Å²) < 4.78 is 25.2. The fourth-order valence-corrected chi connectivity index (χ4v) is 1.90. The smallest absolute Gasteiger partial charge is 0.129 e. The molecule has 0 spiro atoms. The van der Waals surface area contributed by atoms with E-state index in [1.54, 1.807) is 6.92 Å². The van der Waals surface area contributed by atoms with Gasteiger partial charge in [0.2, 0.25) is 0 Å². The van der Waals surface area contributed by atoms with Crippen molar-refractivity contribution in [2.24, 2.45) is 0 Å². The summed E-state index contributed by atoms with van der Waals surface area (Å²) in [5.74, 6) is -0.912. The normalized spacial score (nSPS) is 9.95. The largest absolute Gasteiger partial charge is 0.207 e. The molecule has 110 valence electrons. The number of rotatable bonds is 7. The molecule has 0 nitrogen and oxygen atoms in total. The zero-order chi connectivity index (χ0) is 14.5. The number of halogens is 2. The van der Waals surface area contributed by atoms with Crippen LogP contribution in [-0.2, 0) is 6.42 Å². The Labute approximate surface area is 117 Å². The van der Waals surface area contributed by atoms with Crippen LogP contribution < -0.4 is 0 Å². The Morgan fingerprint density at radius 2 is 1.16 bits per heavy atom. The van der Waals surface area contributed by atoms with E-state index >= 15 is 0 Å². The van der Waals surface area contributed by atoms with Gasteiger partial charge in [-0.3, -0.25) is 0 Å². The molecule has 0 unspecified atom stereocenters. The molecule has 19 heavy (non-hydrogen) atoms. The average Bonchev–Trinajstić information content (AvgIpc) is 2.40. The summed E-state index contributed by atoms with van der Waals surface area (Å²) in [4.78, 5) is 0. The predicted octanol–water partition coefficient (Wildman–Crippen LogP) is 6.28. The monoisotopic (exact) mass is 270 g/mol. The highest BCUT2D eigenvalue weighted by Gasteiger charge is 2.03. The zero-order valence-electron chi connectivity index (χ0n) is 12.6. The molecule has 1 rings (SSSR count). The van der Waals surface area contributed by atoms with Crippen LogP contribution in [0.15, 0.2) is 18.2 Å². The van der Waals surface area contributed by atoms with Gasteiger partial charge in [0, 0.05) is 5.56 Å². The van der Waals surface area contributed by atoms with Gasteiger partial charge in [-0.1, -0.05) is 71.8 Å². The van der Waals surface area contributed by atoms with Crippen LogP contribution in [0.4, 0.5) is 8.78 Å². The van der Waals surface area contributed by atoms with Gasteiger partial charge in [-0.2, -0.15) is 0 Å². The summed E-state index contributed by atoms with van der Waals surface area (Å²) in [5, 5.41) is 0. The molecule has 0 amide bonds. The van der Waals surface area contributed by atoms with E-state index in [-0.39, 0.29) is 5.56 Å². The van der Waals surface area contributed by atoms with Crippen LogP contribution in [0.25, 0.3) is 0 Å². The second-order valence-corrected chi connectivity index (χ2v) is 4.82. The highest BCUT2D eigenvalue weighted by Crippen LogP contribution is 2.11. The standard InChI is InChI=1S/C9H20.C8H8F2/c1-3-5-7-9-8-6-4-2;1-2-6-7(9)4-3-5-8(6)10/h3-9H2,1-2H3;3-5H,2H2,1H3. The van der Waals surface area contributed by atoms with Crippen LogP contribution in [0.3, 0.4) is 0 Å². The second kappa shape index (κ2) is 12.1. The van der Waals surface area contributed by atoms with Crippen molar-refractivity contribution in [2.45, 2.75) is 72.1 Å². The van der Waals surface area contributed by atoms with Gasteiger partial charge < -0.3 is 0 Å². The van der Waals surface area contributed by atoms with Gasteiger partial charge in [-0.15, -0.1) is 0 Å². The van der Waals surface area contributed by atoms with E-state index in [4.69, 9.17) is 0 Å². The molecule has 0 saturated carbocycles. The molecule has 0 radical (unpaired) electrons. The molecule has 0 heterocycles. The lowest BCUT2D eigenvalue weighted by Crippen LogP contribution is -1.91. The third-order valence-electron chi connectivity index (χ3n) is 3.12. The van der Waals surface area contributed by atoms with Crippen molar-refractivity contribution < 1.29 is 8.78 Å². The minimum atomic E-state index is -0.456. The van der Waals surface area contributed by atoms with Gasteiger partial charge in [0.15, 0.2) is 0 Å². The molecular formula is C17H28F2. The van der Waals surface area contributed by atoms with Gasteiger partial charge in [0.1, 0.15) is 11.6 Å². The maximum absolute atomic E-state index is 12.6. The Balaban J connectivity index is 0.000000344. The van der Waals surface area contributed by atoms with Crippen LogP contribution in [0, 0.1) is 11.6 Å². The summed E-state index contributed by atoms with van der Waals surface area (Å²) >= 11 is 0. The first kappa shape index (κ1) is 18.1. The van der Waals surface area contributed by atoms with Crippen LogP contribution >= 0.6 is 0 Å². The molecule has 0 aliphatic heterocycles. The highest BCUT2D eigenvalue weighted by atomic mass is 19.1. The Hall–Kier alpha value is -0.920. The molecule has 0 aliphatic carbocycles. The Bertz CT molecular complexity index is 295. The maximum Gasteiger partial charge on any atom is 0.129 e. The molecule has 0 saturated heterocycles. The topological polar surface area (TPSA) is 0 Å². The molecule has 2 heteroatoms. The van der Waals surface area contributed by atoms with Crippen LogP contribution in [-0.4, -0.2) is 0 Å². The van der Waals surface area contributed by atoms with Gasteiger partial charge in [-0.05, 0) is 18.6 Å². The lowest BCUT2D eigenvalue weighted by atomic mass is 10.1. The van der Waals surface area contributed by atoms with Gasteiger partial charge in [-0.25, -0.2) is 8.78 Å². The summed E-state index contributed by atoms with van der Waals surface area (Å²) in [5.41, 5.74) is 0.169. The van der Waals surface area contributed by atoms with Crippen LogP contribution in [0.1, 0.15) is 71.3 Å². The lowest BCUT2D eigenvalue weighted by molar-refractivity contribution is 0.559. The maximum atomic E-state index is 12.6. The summed E-state index contributed by atoms with van der Waals surface area (Å²) in [6, 6.07) is 3.90. The molecule has 1 aromatic carbocycles. The predicted molar refractivity (Wildman–Crippen MR) is 79.4 cm³/mol. The Kier molecular flexibility index (Phi) is 11.5. The van der Waals surface area contributed by atoms with E-state index in [1.165, 1.54) is 63.1 Å². The molecule has 1 aromatic rings. The van der Waals surface area contributed by atoms with E-state index < -0.39 is 11.6 Å². The third-order valence-corrected chi connectivity index (χ3v) is 3.12. The Morgan fingerprint density at radius 1 is 0.737 bits per heavy atom. The molecule has 0 aliphatic rings. The summed E-state index contributed by atoms with van der Waals surface area (Å²) in [7, 11) is 0. The first-order valence-corrected chi connectivity index (χ1v) is 7.60. The summed E-state index contributed by atoms with van der Waals surface area (Å²) in [6.07, 6.45) is 10.4. The van der Waals surface area contributed by atoms with E-state index in [0.29, 0.717) is 6.42 Å². The van der Waals surface area contributed by atoms with Crippen molar-refractivity contribution in [3.05, 3.63) is 35.4 Å². The molecule has 0 aromatic heterocycles. The van der Waals surface area contributed by atoms with Crippen molar-refractivity contribution in [3.8, 4) is 0 Å². The van der Waals surface area contributed by atoms with E-state index in [9.17, 15) is 8.78 Å². The van der Waals surface area contributed by atoms with E-state index in [0.717, 1.165) is 0 Å². The minimum absolute atomic E-state index is 0.169. The average molecular weight is 270 g/mol. The number of hydrogen-bond acceptors (Lipinski definition) is 0. The number of benzene rings is 1. The minimum Gasteiger partial charge on any atom is -0.207 e. The first-order chi connectivity index (χ1) is 9.17. The first-order valence-electron chi connectivity index (χ1n) is 7.60. The molecule has 0 bridgehead atoms. The molecule has 0 atom stereocenters. The van der Waals surface area contributed by atoms with Crippen molar-refractivity contribution in [1.29, 1.82) is 0 Å². The quantitative estimate of drug-likeness (QED) is 0.511. The van der Waals surface area contributed by atoms with Crippen LogP contribution in [0.5, 0.6) is 0 Å². The van der Waals surface area contributed by atoms with E-state index in [1.807, 2.05) is 0 Å². The SMILES string of the molecule is CCCCCCCCC.CCc1c(F)cccc1F. The van der Waals surface area contributed by atoms with Gasteiger partial charge >= 0.3 is 0 Å². The van der Waals surface area contributed by atoms with Crippen molar-refractivity contribution >= 4 is 0 Å². The van der Waals surface area contributed by atoms with Gasteiger partial charge in [0.25, 0.3) is 0 Å². The molecular weight excluding hydrogens is 242 g/mol.